The molecule has 3 rings (SSSR count). The second-order valence-corrected chi connectivity index (χ2v) is 7.51. The zero-order chi connectivity index (χ0) is 28.9. The lowest BCUT2D eigenvalue weighted by Gasteiger charge is -2.16. The predicted octanol–water partition coefficient (Wildman–Crippen LogP) is 3.13. The zero-order valence-corrected chi connectivity index (χ0v) is 19.8. The van der Waals surface area contributed by atoms with Gasteiger partial charge in [0.2, 0.25) is 5.91 Å². The van der Waals surface area contributed by atoms with Crippen LogP contribution in [0, 0.1) is 70.7 Å². The van der Waals surface area contributed by atoms with Crippen molar-refractivity contribution in [2.75, 3.05) is 26.0 Å². The Hall–Kier alpha value is -4.53. The van der Waals surface area contributed by atoms with Gasteiger partial charge in [-0.2, -0.15) is 27.5 Å². The smallest absolute Gasteiger partial charge is 0.253 e. The van der Waals surface area contributed by atoms with Crippen LogP contribution in [0.5, 0.6) is 0 Å². The van der Waals surface area contributed by atoms with Crippen molar-refractivity contribution >= 4 is 11.6 Å². The molecule has 0 saturated carbocycles. The monoisotopic (exact) mass is 553 g/mol. The molecule has 3 aromatic rings. The molecule has 3 N–H and O–H groups in total. The number of halogens is 8. The molecule has 2 aromatic heterocycles. The Morgan fingerprint density at radius 1 is 0.744 bits per heavy atom. The van der Waals surface area contributed by atoms with E-state index in [1.165, 1.54) is 25.2 Å². The molecule has 1 unspecified atom stereocenters. The molecule has 1 atom stereocenters. The van der Waals surface area contributed by atoms with Crippen molar-refractivity contribution in [1.82, 2.24) is 20.6 Å². The largest absolute Gasteiger partial charge is 0.324 e. The lowest BCUT2D eigenvalue weighted by atomic mass is 10.0. The van der Waals surface area contributed by atoms with E-state index in [-0.39, 0.29) is 23.4 Å². The summed E-state index contributed by atoms with van der Waals surface area (Å²) >= 11 is 0. The van der Waals surface area contributed by atoms with Gasteiger partial charge in [-0.3, -0.25) is 4.79 Å². The molecule has 0 aliphatic carbocycles. The van der Waals surface area contributed by atoms with E-state index in [2.05, 4.69) is 37.8 Å². The van der Waals surface area contributed by atoms with Gasteiger partial charge in [0.15, 0.2) is 23.3 Å². The van der Waals surface area contributed by atoms with E-state index < -0.39 is 70.1 Å². The van der Waals surface area contributed by atoms with Gasteiger partial charge in [-0.1, -0.05) is 29.7 Å². The highest BCUT2D eigenvalue weighted by Crippen LogP contribution is 2.22. The van der Waals surface area contributed by atoms with E-state index in [1.54, 1.807) is 7.05 Å². The molecule has 1 amide bonds. The number of amides is 1. The Morgan fingerprint density at radius 2 is 1.21 bits per heavy atom. The van der Waals surface area contributed by atoms with Crippen molar-refractivity contribution in [2.24, 2.45) is 0 Å². The van der Waals surface area contributed by atoms with Crippen LogP contribution in [0.1, 0.15) is 22.3 Å². The molecule has 202 valence electrons. The summed E-state index contributed by atoms with van der Waals surface area (Å²) in [5, 5.41) is 7.97. The van der Waals surface area contributed by atoms with Crippen LogP contribution in [-0.4, -0.2) is 42.6 Å². The number of nitrogens with one attached hydrogen (secondary N) is 3. The zero-order valence-electron chi connectivity index (χ0n) is 19.8. The van der Waals surface area contributed by atoms with E-state index in [0.717, 1.165) is 0 Å². The van der Waals surface area contributed by atoms with Crippen LogP contribution >= 0.6 is 0 Å². The summed E-state index contributed by atoms with van der Waals surface area (Å²) in [7, 11) is 3.06. The Kier molecular flexibility index (Phi) is 9.19. The minimum absolute atomic E-state index is 0.139. The highest BCUT2D eigenvalue weighted by Gasteiger charge is 2.21. The highest BCUT2D eigenvalue weighted by atomic mass is 19.2. The summed E-state index contributed by atoms with van der Waals surface area (Å²) in [4.78, 5) is 17.5. The van der Waals surface area contributed by atoms with Gasteiger partial charge in [-0.25, -0.2) is 17.6 Å². The molecule has 0 aliphatic heterocycles. The molecule has 0 bridgehead atoms. The number of hydrogen-bond donors (Lipinski definition) is 3. The van der Waals surface area contributed by atoms with Gasteiger partial charge in [0.1, 0.15) is 11.1 Å². The average Bonchev–Trinajstić information content (AvgIpc) is 2.90. The summed E-state index contributed by atoms with van der Waals surface area (Å²) < 4.78 is 110. The molecule has 39 heavy (non-hydrogen) atoms. The van der Waals surface area contributed by atoms with E-state index >= 15 is 0 Å². The van der Waals surface area contributed by atoms with Gasteiger partial charge in [-0.05, 0) is 26.2 Å². The van der Waals surface area contributed by atoms with Crippen LogP contribution in [0.3, 0.4) is 0 Å². The van der Waals surface area contributed by atoms with Crippen molar-refractivity contribution in [1.29, 1.82) is 0 Å². The SMILES string of the molecule is CNCC(NC)C(=O)Nc1cccc(C#Cc2c(F)c(F)nc(F)c2F)c1C#Cc1c(F)c(F)nc(F)c1F. The molecule has 1 aromatic carbocycles. The van der Waals surface area contributed by atoms with Crippen LogP contribution in [0.15, 0.2) is 18.2 Å². The minimum Gasteiger partial charge on any atom is -0.324 e. The van der Waals surface area contributed by atoms with Gasteiger partial charge in [0, 0.05) is 12.1 Å². The Bertz CT molecular complexity index is 1520. The summed E-state index contributed by atoms with van der Waals surface area (Å²) in [6.07, 6.45) is 0. The van der Waals surface area contributed by atoms with E-state index in [4.69, 9.17) is 0 Å². The fraction of sp³-hybridized carbons (Fsp3) is 0.160. The van der Waals surface area contributed by atoms with Gasteiger partial charge in [-0.15, -0.1) is 0 Å². The lowest BCUT2D eigenvalue weighted by Crippen LogP contribution is -2.45. The first-order valence-electron chi connectivity index (χ1n) is 10.7. The third-order valence-corrected chi connectivity index (χ3v) is 5.03. The average molecular weight is 553 g/mol. The predicted molar refractivity (Wildman–Crippen MR) is 122 cm³/mol. The Labute approximate surface area is 215 Å². The number of pyridine rings is 2. The fourth-order valence-corrected chi connectivity index (χ4v) is 3.09. The maximum atomic E-state index is 14.1. The van der Waals surface area contributed by atoms with Gasteiger partial charge < -0.3 is 16.0 Å². The third kappa shape index (κ3) is 6.31. The molecular formula is C25H15F8N5O. The van der Waals surface area contributed by atoms with Crippen LogP contribution in [-0.2, 0) is 4.79 Å². The van der Waals surface area contributed by atoms with Crippen LogP contribution < -0.4 is 16.0 Å². The number of rotatable bonds is 5. The summed E-state index contributed by atoms with van der Waals surface area (Å²) in [6.45, 7) is 0.159. The van der Waals surface area contributed by atoms with E-state index in [9.17, 15) is 39.9 Å². The normalized spacial score (nSPS) is 11.2. The molecule has 0 radical (unpaired) electrons. The molecular weight excluding hydrogens is 538 g/mol. The first-order chi connectivity index (χ1) is 18.5. The number of nitrogens with zero attached hydrogens (tertiary/aromatic N) is 2. The second-order valence-electron chi connectivity index (χ2n) is 7.51. The summed E-state index contributed by atoms with van der Waals surface area (Å²) in [6, 6.07) is 2.95. The molecule has 0 fully saturated rings. The maximum absolute atomic E-state index is 14.1. The number of aromatic nitrogens is 2. The fourth-order valence-electron chi connectivity index (χ4n) is 3.09. The lowest BCUT2D eigenvalue weighted by molar-refractivity contribution is -0.117. The van der Waals surface area contributed by atoms with Crippen LogP contribution in [0.4, 0.5) is 40.8 Å². The third-order valence-electron chi connectivity index (χ3n) is 5.03. The molecule has 14 heteroatoms. The summed E-state index contributed by atoms with van der Waals surface area (Å²) in [5.41, 5.74) is -3.40. The number of carbonyl (C=O) groups is 1. The number of carbonyl (C=O) groups excluding carboxylic acids is 1. The number of anilines is 1. The molecule has 2 heterocycles. The molecule has 0 spiro atoms. The van der Waals surface area contributed by atoms with Crippen molar-refractivity contribution in [2.45, 2.75) is 6.04 Å². The first-order valence-corrected chi connectivity index (χ1v) is 10.7. The summed E-state index contributed by atoms with van der Waals surface area (Å²) in [5.74, 6) is -7.89. The molecule has 0 saturated heterocycles. The second kappa shape index (κ2) is 12.3. The number of likely N-dealkylation sites (N-methyl/N-ethyl adjacent to an activating group) is 2. The Balaban J connectivity index is 2.23. The molecule has 6 nitrogen and oxygen atoms in total. The number of benzene rings is 1. The maximum Gasteiger partial charge on any atom is 0.253 e. The van der Waals surface area contributed by atoms with Crippen molar-refractivity contribution in [3.05, 3.63) is 87.5 Å². The van der Waals surface area contributed by atoms with Crippen molar-refractivity contribution in [3.8, 4) is 23.7 Å². The minimum atomic E-state index is -1.98. The molecule has 0 aliphatic rings. The standard InChI is InChI=1S/C25H15F8N5O/c1-34-10-16(35-2)25(39)36-15-5-3-4-11(6-7-13-17(26)21(30)37-22(31)18(13)27)12(15)8-9-14-19(28)23(32)38-24(33)20(14)29/h3-5,16,34-35H,10H2,1-2H3,(H,36,39). The van der Waals surface area contributed by atoms with Crippen LogP contribution in [0.25, 0.3) is 0 Å². The van der Waals surface area contributed by atoms with Gasteiger partial charge in [0.25, 0.3) is 23.8 Å². The number of hydrogen-bond acceptors (Lipinski definition) is 5. The van der Waals surface area contributed by atoms with Crippen molar-refractivity contribution in [3.63, 3.8) is 0 Å². The van der Waals surface area contributed by atoms with E-state index in [0.29, 0.717) is 0 Å². The Morgan fingerprint density at radius 3 is 1.67 bits per heavy atom. The van der Waals surface area contributed by atoms with Gasteiger partial charge in [0.05, 0.1) is 17.3 Å². The highest BCUT2D eigenvalue weighted by molar-refractivity contribution is 5.96. The topological polar surface area (TPSA) is 78.9 Å². The quantitative estimate of drug-likeness (QED) is 0.257. The van der Waals surface area contributed by atoms with Gasteiger partial charge >= 0.3 is 0 Å². The van der Waals surface area contributed by atoms with E-state index in [1.807, 2.05) is 11.8 Å². The first kappa shape index (κ1) is 29.0. The van der Waals surface area contributed by atoms with Crippen molar-refractivity contribution < 1.29 is 39.9 Å². The van der Waals surface area contributed by atoms with Crippen LogP contribution in [0.2, 0.25) is 0 Å².